The molecule has 0 radical (unpaired) electrons. The Morgan fingerprint density at radius 3 is 2.94 bits per heavy atom. The highest BCUT2D eigenvalue weighted by atomic mass is 15.2. The van der Waals surface area contributed by atoms with Crippen LogP contribution in [-0.2, 0) is 0 Å². The van der Waals surface area contributed by atoms with Crippen molar-refractivity contribution in [3.8, 4) is 0 Å². The molecule has 16 heavy (non-hydrogen) atoms. The van der Waals surface area contributed by atoms with Crippen LogP contribution in [0.5, 0.6) is 0 Å². The van der Waals surface area contributed by atoms with E-state index < -0.39 is 0 Å². The molecule has 1 aliphatic rings. The summed E-state index contributed by atoms with van der Waals surface area (Å²) in [4.78, 5) is 6.70. The number of rotatable bonds is 2. The van der Waals surface area contributed by atoms with E-state index in [4.69, 9.17) is 0 Å². The highest BCUT2D eigenvalue weighted by Crippen LogP contribution is 2.18. The molecule has 0 amide bonds. The van der Waals surface area contributed by atoms with Crippen LogP contribution in [0.25, 0.3) is 0 Å². The first-order valence-electron chi connectivity index (χ1n) is 6.07. The molecule has 2 rings (SSSR count). The largest absolute Gasteiger partial charge is 0.367 e. The highest BCUT2D eigenvalue weighted by Gasteiger charge is 2.21. The van der Waals surface area contributed by atoms with E-state index in [-0.39, 0.29) is 0 Å². The Hall–Kier alpha value is -1.09. The topological polar surface area (TPSA) is 28.2 Å². The second-order valence-corrected chi connectivity index (χ2v) is 4.97. The van der Waals surface area contributed by atoms with Crippen LogP contribution in [0, 0.1) is 12.8 Å². The van der Waals surface area contributed by atoms with Gasteiger partial charge in [0, 0.05) is 31.9 Å². The number of pyridine rings is 1. The lowest BCUT2D eigenvalue weighted by Gasteiger charge is -2.37. The number of hydrogen-bond donors (Lipinski definition) is 1. The average Bonchev–Trinajstić information content (AvgIpc) is 2.29. The zero-order valence-corrected chi connectivity index (χ0v) is 10.4. The van der Waals surface area contributed by atoms with Crippen LogP contribution in [0.15, 0.2) is 18.5 Å². The Bertz CT molecular complexity index is 349. The lowest BCUT2D eigenvalue weighted by atomic mass is 10.0. The number of nitrogens with one attached hydrogen (secondary N) is 1. The number of hydrogen-bond acceptors (Lipinski definition) is 3. The van der Waals surface area contributed by atoms with E-state index in [1.165, 1.54) is 11.3 Å². The molecule has 1 N–H and O–H groups in total. The van der Waals surface area contributed by atoms with Crippen molar-refractivity contribution >= 4 is 5.69 Å². The molecular formula is C13H21N3. The molecule has 1 aromatic rings. The monoisotopic (exact) mass is 219 g/mol. The van der Waals surface area contributed by atoms with E-state index in [0.717, 1.165) is 19.6 Å². The smallest absolute Gasteiger partial charge is 0.0556 e. The zero-order valence-electron chi connectivity index (χ0n) is 10.4. The van der Waals surface area contributed by atoms with Crippen molar-refractivity contribution in [2.24, 2.45) is 5.92 Å². The fourth-order valence-corrected chi connectivity index (χ4v) is 2.17. The Morgan fingerprint density at radius 1 is 1.44 bits per heavy atom. The van der Waals surface area contributed by atoms with Crippen LogP contribution >= 0.6 is 0 Å². The standard InChI is InChI=1S/C13H21N3/c1-10(2)13-9-16(5-4-15-13)12-6-11(3)7-14-8-12/h6-8,10,13,15H,4-5,9H2,1-3H3. The summed E-state index contributed by atoms with van der Waals surface area (Å²) in [7, 11) is 0. The van der Waals surface area contributed by atoms with E-state index in [0.29, 0.717) is 12.0 Å². The minimum absolute atomic E-state index is 0.592. The number of aromatic nitrogens is 1. The van der Waals surface area contributed by atoms with Crippen molar-refractivity contribution in [1.82, 2.24) is 10.3 Å². The van der Waals surface area contributed by atoms with Gasteiger partial charge in [0.2, 0.25) is 0 Å². The maximum atomic E-state index is 4.27. The lowest BCUT2D eigenvalue weighted by Crippen LogP contribution is -2.53. The normalized spacial score (nSPS) is 21.5. The molecule has 1 atom stereocenters. The van der Waals surface area contributed by atoms with Gasteiger partial charge in [-0.05, 0) is 24.5 Å². The predicted octanol–water partition coefficient (Wildman–Crippen LogP) is 1.82. The van der Waals surface area contributed by atoms with Crippen molar-refractivity contribution in [2.45, 2.75) is 26.8 Å². The number of nitrogens with zero attached hydrogens (tertiary/aromatic N) is 2. The summed E-state index contributed by atoms with van der Waals surface area (Å²) in [6.07, 6.45) is 3.88. The first-order valence-corrected chi connectivity index (χ1v) is 6.07. The fraction of sp³-hybridized carbons (Fsp3) is 0.615. The lowest BCUT2D eigenvalue weighted by molar-refractivity contribution is 0.368. The van der Waals surface area contributed by atoms with E-state index in [1.807, 2.05) is 12.4 Å². The predicted molar refractivity (Wildman–Crippen MR) is 67.8 cm³/mol. The van der Waals surface area contributed by atoms with Crippen LogP contribution in [0.4, 0.5) is 5.69 Å². The van der Waals surface area contributed by atoms with Gasteiger partial charge in [0.1, 0.15) is 0 Å². The summed E-state index contributed by atoms with van der Waals surface area (Å²) >= 11 is 0. The Morgan fingerprint density at radius 2 is 2.25 bits per heavy atom. The highest BCUT2D eigenvalue weighted by molar-refractivity contribution is 5.46. The molecule has 1 unspecified atom stereocenters. The third-order valence-electron chi connectivity index (χ3n) is 3.24. The summed E-state index contributed by atoms with van der Waals surface area (Å²) in [5.74, 6) is 0.681. The van der Waals surface area contributed by atoms with Gasteiger partial charge >= 0.3 is 0 Å². The maximum Gasteiger partial charge on any atom is 0.0556 e. The van der Waals surface area contributed by atoms with Crippen LogP contribution < -0.4 is 10.2 Å². The fourth-order valence-electron chi connectivity index (χ4n) is 2.17. The molecule has 1 fully saturated rings. The molecule has 0 aromatic carbocycles. The van der Waals surface area contributed by atoms with E-state index >= 15 is 0 Å². The third kappa shape index (κ3) is 2.53. The van der Waals surface area contributed by atoms with Gasteiger partial charge in [-0.1, -0.05) is 13.8 Å². The third-order valence-corrected chi connectivity index (χ3v) is 3.24. The van der Waals surface area contributed by atoms with Crippen molar-refractivity contribution in [2.75, 3.05) is 24.5 Å². The zero-order chi connectivity index (χ0) is 11.5. The molecule has 2 heterocycles. The van der Waals surface area contributed by atoms with Gasteiger partial charge in [-0.2, -0.15) is 0 Å². The second kappa shape index (κ2) is 4.83. The summed E-state index contributed by atoms with van der Waals surface area (Å²) in [6.45, 7) is 9.87. The first kappa shape index (κ1) is 11.4. The van der Waals surface area contributed by atoms with Gasteiger partial charge in [-0.25, -0.2) is 0 Å². The maximum absolute atomic E-state index is 4.27. The van der Waals surface area contributed by atoms with Gasteiger partial charge in [0.25, 0.3) is 0 Å². The summed E-state index contributed by atoms with van der Waals surface area (Å²) in [5.41, 5.74) is 2.49. The molecule has 3 heteroatoms. The minimum atomic E-state index is 0.592. The Labute approximate surface area is 97.9 Å². The molecular weight excluding hydrogens is 198 g/mol. The van der Waals surface area contributed by atoms with E-state index in [2.05, 4.69) is 42.0 Å². The van der Waals surface area contributed by atoms with Gasteiger partial charge < -0.3 is 10.2 Å². The van der Waals surface area contributed by atoms with Crippen molar-refractivity contribution in [3.05, 3.63) is 24.0 Å². The molecule has 1 aliphatic heterocycles. The van der Waals surface area contributed by atoms with Gasteiger partial charge in [0.05, 0.1) is 11.9 Å². The van der Waals surface area contributed by atoms with E-state index in [1.54, 1.807) is 0 Å². The van der Waals surface area contributed by atoms with Crippen molar-refractivity contribution in [1.29, 1.82) is 0 Å². The van der Waals surface area contributed by atoms with Crippen LogP contribution in [0.1, 0.15) is 19.4 Å². The van der Waals surface area contributed by atoms with Crippen LogP contribution in [-0.4, -0.2) is 30.7 Å². The number of anilines is 1. The van der Waals surface area contributed by atoms with Gasteiger partial charge in [-0.3, -0.25) is 4.98 Å². The van der Waals surface area contributed by atoms with Gasteiger partial charge in [0.15, 0.2) is 0 Å². The molecule has 0 spiro atoms. The molecule has 3 nitrogen and oxygen atoms in total. The summed E-state index contributed by atoms with van der Waals surface area (Å²) < 4.78 is 0. The Balaban J connectivity index is 2.09. The minimum Gasteiger partial charge on any atom is -0.367 e. The average molecular weight is 219 g/mol. The molecule has 0 saturated carbocycles. The molecule has 0 bridgehead atoms. The second-order valence-electron chi connectivity index (χ2n) is 4.97. The molecule has 1 aromatic heterocycles. The van der Waals surface area contributed by atoms with Gasteiger partial charge in [-0.15, -0.1) is 0 Å². The Kier molecular flexibility index (Phi) is 3.44. The summed E-state index contributed by atoms with van der Waals surface area (Å²) in [5, 5.41) is 3.57. The SMILES string of the molecule is Cc1cncc(N2CCNC(C(C)C)C2)c1. The van der Waals surface area contributed by atoms with E-state index in [9.17, 15) is 0 Å². The quantitative estimate of drug-likeness (QED) is 0.822. The number of piperazine rings is 1. The summed E-state index contributed by atoms with van der Waals surface area (Å²) in [6, 6.07) is 2.81. The number of aryl methyl sites for hydroxylation is 1. The molecule has 1 saturated heterocycles. The molecule has 0 aliphatic carbocycles. The molecule has 88 valence electrons. The first-order chi connectivity index (χ1) is 7.66. The van der Waals surface area contributed by atoms with Crippen LogP contribution in [0.2, 0.25) is 0 Å². The van der Waals surface area contributed by atoms with Crippen molar-refractivity contribution < 1.29 is 0 Å². The van der Waals surface area contributed by atoms with Crippen LogP contribution in [0.3, 0.4) is 0 Å². The van der Waals surface area contributed by atoms with Crippen molar-refractivity contribution in [3.63, 3.8) is 0 Å².